The summed E-state index contributed by atoms with van der Waals surface area (Å²) in [5.41, 5.74) is 2.11. The molecule has 1 aromatic heterocycles. The highest BCUT2D eigenvalue weighted by Crippen LogP contribution is 2.24. The lowest BCUT2D eigenvalue weighted by molar-refractivity contribution is 0.0959. The molecule has 4 nitrogen and oxygen atoms in total. The van der Waals surface area contributed by atoms with Crippen LogP contribution in [-0.2, 0) is 6.67 Å². The molecule has 2 aromatic rings. The highest BCUT2D eigenvalue weighted by Gasteiger charge is 2.18. The van der Waals surface area contributed by atoms with Crippen molar-refractivity contribution in [1.82, 2.24) is 14.4 Å². The lowest BCUT2D eigenvalue weighted by Crippen LogP contribution is -2.31. The zero-order chi connectivity index (χ0) is 17.8. The van der Waals surface area contributed by atoms with E-state index in [-0.39, 0.29) is 0 Å². The van der Waals surface area contributed by atoms with Crippen LogP contribution in [0.15, 0.2) is 30.5 Å². The number of rotatable bonds is 6. The van der Waals surface area contributed by atoms with Crippen molar-refractivity contribution in [3.8, 4) is 0 Å². The Bertz CT molecular complexity index is 739. The van der Waals surface area contributed by atoms with Gasteiger partial charge in [-0.1, -0.05) is 31.0 Å². The van der Waals surface area contributed by atoms with E-state index in [2.05, 4.69) is 44.8 Å². The number of benzene rings is 1. The lowest BCUT2D eigenvalue weighted by Gasteiger charge is -2.27. The minimum atomic E-state index is 0.296. The average Bonchev–Trinajstić information content (AvgIpc) is 3.06. The van der Waals surface area contributed by atoms with E-state index in [0.29, 0.717) is 12.2 Å². The summed E-state index contributed by atoms with van der Waals surface area (Å²) in [6.07, 6.45) is 10.6. The second kappa shape index (κ2) is 8.36. The van der Waals surface area contributed by atoms with E-state index >= 15 is 0 Å². The van der Waals surface area contributed by atoms with Crippen molar-refractivity contribution in [2.75, 3.05) is 32.7 Å². The highest BCUT2D eigenvalue weighted by molar-refractivity contribution is 6.08. The third kappa shape index (κ3) is 4.02. The number of carbonyl (C=O) groups is 1. The number of ketones is 1. The summed E-state index contributed by atoms with van der Waals surface area (Å²) in [5, 5.41) is 1.12. The van der Waals surface area contributed by atoms with E-state index in [0.717, 1.165) is 37.3 Å². The molecule has 2 aliphatic heterocycles. The maximum Gasteiger partial charge on any atom is 0.166 e. The summed E-state index contributed by atoms with van der Waals surface area (Å²) in [6, 6.07) is 8.39. The first-order chi connectivity index (χ1) is 12.8. The first-order valence-electron chi connectivity index (χ1n) is 10.4. The van der Waals surface area contributed by atoms with Gasteiger partial charge in [0, 0.05) is 35.6 Å². The summed E-state index contributed by atoms with van der Waals surface area (Å²) in [6.45, 7) is 6.47. The SMILES string of the molecule is O=C(CCN1CCCCC1)c1cn(CN2CCCCC2)c2ccccc12. The van der Waals surface area contributed by atoms with Crippen molar-refractivity contribution in [3.05, 3.63) is 36.0 Å². The Labute approximate surface area is 156 Å². The monoisotopic (exact) mass is 353 g/mol. The number of likely N-dealkylation sites (tertiary alicyclic amines) is 2. The molecular weight excluding hydrogens is 322 g/mol. The Balaban J connectivity index is 1.49. The molecule has 4 heteroatoms. The van der Waals surface area contributed by atoms with Gasteiger partial charge in [-0.25, -0.2) is 0 Å². The van der Waals surface area contributed by atoms with E-state index < -0.39 is 0 Å². The van der Waals surface area contributed by atoms with Gasteiger partial charge in [0.1, 0.15) is 0 Å². The van der Waals surface area contributed by atoms with Gasteiger partial charge in [0.25, 0.3) is 0 Å². The van der Waals surface area contributed by atoms with E-state index in [1.807, 2.05) is 0 Å². The number of carbonyl (C=O) groups excluding carboxylic acids is 1. The molecule has 0 radical (unpaired) electrons. The van der Waals surface area contributed by atoms with Crippen LogP contribution in [0.5, 0.6) is 0 Å². The smallest absolute Gasteiger partial charge is 0.166 e. The summed E-state index contributed by atoms with van der Waals surface area (Å²) in [5.74, 6) is 0.296. The van der Waals surface area contributed by atoms with Gasteiger partial charge < -0.3 is 9.47 Å². The summed E-state index contributed by atoms with van der Waals surface area (Å²) < 4.78 is 2.29. The summed E-state index contributed by atoms with van der Waals surface area (Å²) in [4.78, 5) is 17.9. The van der Waals surface area contributed by atoms with Crippen LogP contribution in [-0.4, -0.2) is 52.9 Å². The molecule has 3 heterocycles. The van der Waals surface area contributed by atoms with Gasteiger partial charge in [0.2, 0.25) is 0 Å². The van der Waals surface area contributed by atoms with E-state index in [1.54, 1.807) is 0 Å². The van der Waals surface area contributed by atoms with Crippen LogP contribution in [0.3, 0.4) is 0 Å². The molecule has 0 bridgehead atoms. The van der Waals surface area contributed by atoms with Crippen LogP contribution >= 0.6 is 0 Å². The van der Waals surface area contributed by atoms with Crippen LogP contribution in [0.1, 0.15) is 55.3 Å². The number of hydrogen-bond acceptors (Lipinski definition) is 3. The zero-order valence-electron chi connectivity index (χ0n) is 15.8. The van der Waals surface area contributed by atoms with E-state index in [4.69, 9.17) is 0 Å². The second-order valence-corrected chi connectivity index (χ2v) is 7.93. The zero-order valence-corrected chi connectivity index (χ0v) is 15.8. The molecule has 4 rings (SSSR count). The first kappa shape index (κ1) is 17.7. The van der Waals surface area contributed by atoms with Crippen LogP contribution in [0, 0.1) is 0 Å². The maximum absolute atomic E-state index is 13.0. The fourth-order valence-electron chi connectivity index (χ4n) is 4.48. The standard InChI is InChI=1S/C22H31N3O/c26-22(11-16-23-12-5-1-6-13-23)20-17-25(18-24-14-7-2-8-15-24)21-10-4-3-9-19(20)21/h3-4,9-10,17H,1-2,5-8,11-16,18H2. The number of Topliss-reactive ketones (excluding diaryl/α,β-unsaturated/α-hetero) is 1. The predicted octanol–water partition coefficient (Wildman–Crippen LogP) is 4.14. The van der Waals surface area contributed by atoms with Crippen LogP contribution in [0.25, 0.3) is 10.9 Å². The third-order valence-corrected chi connectivity index (χ3v) is 5.99. The topological polar surface area (TPSA) is 28.5 Å². The van der Waals surface area contributed by atoms with Crippen molar-refractivity contribution in [1.29, 1.82) is 0 Å². The molecule has 0 unspecified atom stereocenters. The molecule has 0 saturated carbocycles. The van der Waals surface area contributed by atoms with Gasteiger partial charge >= 0.3 is 0 Å². The van der Waals surface area contributed by atoms with Gasteiger partial charge in [0.05, 0.1) is 6.67 Å². The fraction of sp³-hybridized carbons (Fsp3) is 0.591. The molecule has 2 saturated heterocycles. The Kier molecular flexibility index (Phi) is 5.71. The van der Waals surface area contributed by atoms with Crippen molar-refractivity contribution in [2.45, 2.75) is 51.6 Å². The van der Waals surface area contributed by atoms with Crippen molar-refractivity contribution >= 4 is 16.7 Å². The molecule has 2 aliphatic rings. The number of hydrogen-bond donors (Lipinski definition) is 0. The van der Waals surface area contributed by atoms with Gasteiger partial charge in [-0.05, 0) is 57.9 Å². The highest BCUT2D eigenvalue weighted by atomic mass is 16.1. The van der Waals surface area contributed by atoms with Crippen LogP contribution < -0.4 is 0 Å². The molecule has 0 spiro atoms. The number of para-hydroxylation sites is 1. The van der Waals surface area contributed by atoms with Crippen molar-refractivity contribution < 1.29 is 4.79 Å². The molecule has 0 atom stereocenters. The van der Waals surface area contributed by atoms with E-state index in [9.17, 15) is 4.79 Å². The molecule has 2 fully saturated rings. The Morgan fingerprint density at radius 3 is 2.23 bits per heavy atom. The molecule has 0 aliphatic carbocycles. The summed E-state index contributed by atoms with van der Waals surface area (Å²) >= 11 is 0. The number of aromatic nitrogens is 1. The first-order valence-corrected chi connectivity index (χ1v) is 10.4. The Hall–Kier alpha value is -1.65. The van der Waals surface area contributed by atoms with E-state index in [1.165, 1.54) is 57.1 Å². The second-order valence-electron chi connectivity index (χ2n) is 7.93. The van der Waals surface area contributed by atoms with Crippen LogP contribution in [0.4, 0.5) is 0 Å². The van der Waals surface area contributed by atoms with Crippen molar-refractivity contribution in [2.24, 2.45) is 0 Å². The number of fused-ring (bicyclic) bond motifs is 1. The Morgan fingerprint density at radius 2 is 1.50 bits per heavy atom. The normalized spacial score (nSPS) is 19.8. The maximum atomic E-state index is 13.0. The van der Waals surface area contributed by atoms with Crippen LogP contribution in [0.2, 0.25) is 0 Å². The third-order valence-electron chi connectivity index (χ3n) is 5.99. The fourth-order valence-corrected chi connectivity index (χ4v) is 4.48. The predicted molar refractivity (Wildman–Crippen MR) is 107 cm³/mol. The molecule has 0 amide bonds. The van der Waals surface area contributed by atoms with Gasteiger partial charge in [0.15, 0.2) is 5.78 Å². The molecule has 0 N–H and O–H groups in total. The number of piperidine rings is 2. The Morgan fingerprint density at radius 1 is 0.846 bits per heavy atom. The van der Waals surface area contributed by atoms with Crippen molar-refractivity contribution in [3.63, 3.8) is 0 Å². The van der Waals surface area contributed by atoms with Gasteiger partial charge in [-0.15, -0.1) is 0 Å². The molecule has 140 valence electrons. The largest absolute Gasteiger partial charge is 0.333 e. The van der Waals surface area contributed by atoms with Gasteiger partial charge in [-0.3, -0.25) is 9.69 Å². The minimum absolute atomic E-state index is 0.296. The lowest BCUT2D eigenvalue weighted by atomic mass is 10.1. The number of nitrogens with zero attached hydrogens (tertiary/aromatic N) is 3. The molecular formula is C22H31N3O. The van der Waals surface area contributed by atoms with Gasteiger partial charge in [-0.2, -0.15) is 0 Å². The summed E-state index contributed by atoms with van der Waals surface area (Å²) in [7, 11) is 0. The molecule has 26 heavy (non-hydrogen) atoms. The molecule has 1 aromatic carbocycles. The average molecular weight is 354 g/mol. The quantitative estimate of drug-likeness (QED) is 0.731. The minimum Gasteiger partial charge on any atom is -0.333 e.